The third-order valence-electron chi connectivity index (χ3n) is 3.15. The number of nitrogens with one attached hydrogen (secondary N) is 1. The van der Waals surface area contributed by atoms with E-state index in [4.69, 9.17) is 0 Å². The van der Waals surface area contributed by atoms with E-state index in [-0.39, 0.29) is 17.5 Å². The highest BCUT2D eigenvalue weighted by atomic mass is 32.2. The number of rotatable bonds is 6. The molecule has 2 rings (SSSR count). The molecule has 0 aliphatic heterocycles. The van der Waals surface area contributed by atoms with E-state index < -0.39 is 10.0 Å². The van der Waals surface area contributed by atoms with Crippen molar-refractivity contribution < 1.29 is 13.5 Å². The average Bonchev–Trinajstić information content (AvgIpc) is 3.07. The van der Waals surface area contributed by atoms with Crippen LogP contribution in [0.3, 0.4) is 0 Å². The molecule has 0 aromatic carbocycles. The summed E-state index contributed by atoms with van der Waals surface area (Å²) < 4.78 is 29.0. The molecule has 20 heavy (non-hydrogen) atoms. The molecule has 0 aliphatic carbocycles. The van der Waals surface area contributed by atoms with Crippen LogP contribution in [0.1, 0.15) is 31.1 Å². The lowest BCUT2D eigenvalue weighted by Gasteiger charge is -2.12. The van der Waals surface area contributed by atoms with Gasteiger partial charge < -0.3 is 9.67 Å². The van der Waals surface area contributed by atoms with E-state index in [1.54, 1.807) is 10.8 Å². The Morgan fingerprint density at radius 3 is 2.75 bits per heavy atom. The van der Waals surface area contributed by atoms with E-state index in [1.807, 2.05) is 30.7 Å². The molecule has 2 aromatic heterocycles. The molecule has 2 aromatic rings. The molecule has 0 amide bonds. The Morgan fingerprint density at radius 2 is 2.25 bits per heavy atom. The molecular formula is C13H18N2O3S2. The lowest BCUT2D eigenvalue weighted by atomic mass is 10.2. The van der Waals surface area contributed by atoms with E-state index in [2.05, 4.69) is 4.72 Å². The minimum absolute atomic E-state index is 0.177. The first-order valence-corrected chi connectivity index (χ1v) is 8.75. The van der Waals surface area contributed by atoms with Gasteiger partial charge in [0.1, 0.15) is 0 Å². The normalized spacial score (nSPS) is 13.6. The number of thiophene rings is 1. The molecule has 2 heterocycles. The molecule has 0 saturated carbocycles. The van der Waals surface area contributed by atoms with Gasteiger partial charge in [-0.2, -0.15) is 11.3 Å². The predicted octanol–water partition coefficient (Wildman–Crippen LogP) is 2.10. The van der Waals surface area contributed by atoms with Gasteiger partial charge in [-0.25, -0.2) is 13.1 Å². The van der Waals surface area contributed by atoms with Gasteiger partial charge in [-0.1, -0.05) is 0 Å². The highest BCUT2D eigenvalue weighted by molar-refractivity contribution is 7.89. The van der Waals surface area contributed by atoms with Crippen LogP contribution in [0.25, 0.3) is 0 Å². The maximum atomic E-state index is 12.3. The highest BCUT2D eigenvalue weighted by Gasteiger charge is 2.21. The summed E-state index contributed by atoms with van der Waals surface area (Å²) in [7, 11) is -3.58. The van der Waals surface area contributed by atoms with Crippen LogP contribution in [0.4, 0.5) is 0 Å². The van der Waals surface area contributed by atoms with Gasteiger partial charge in [0.05, 0.1) is 11.5 Å². The molecule has 7 heteroatoms. The number of aliphatic hydroxyl groups is 1. The van der Waals surface area contributed by atoms with Crippen LogP contribution in [-0.4, -0.2) is 18.1 Å². The number of nitrogens with zero attached hydrogens (tertiary/aromatic N) is 1. The SMILES string of the molecule is CCn1cc(S(=O)(=O)NC(C)c2ccsc2)cc1CO. The fraction of sp³-hybridized carbons (Fsp3) is 0.385. The van der Waals surface area contributed by atoms with Crippen molar-refractivity contribution in [3.8, 4) is 0 Å². The molecule has 1 unspecified atom stereocenters. The van der Waals surface area contributed by atoms with Crippen LogP contribution in [0.5, 0.6) is 0 Å². The largest absolute Gasteiger partial charge is 0.390 e. The minimum Gasteiger partial charge on any atom is -0.390 e. The molecule has 0 saturated heterocycles. The van der Waals surface area contributed by atoms with E-state index in [0.717, 1.165) is 5.56 Å². The van der Waals surface area contributed by atoms with Gasteiger partial charge in [-0.05, 0) is 42.3 Å². The van der Waals surface area contributed by atoms with Crippen molar-refractivity contribution in [2.75, 3.05) is 0 Å². The first-order valence-electron chi connectivity index (χ1n) is 6.32. The van der Waals surface area contributed by atoms with E-state index in [1.165, 1.54) is 17.4 Å². The quantitative estimate of drug-likeness (QED) is 0.858. The van der Waals surface area contributed by atoms with Crippen LogP contribution in [0, 0.1) is 0 Å². The van der Waals surface area contributed by atoms with Crippen molar-refractivity contribution in [2.24, 2.45) is 0 Å². The van der Waals surface area contributed by atoms with Crippen LogP contribution in [0.2, 0.25) is 0 Å². The van der Waals surface area contributed by atoms with Crippen molar-refractivity contribution in [3.05, 3.63) is 40.3 Å². The van der Waals surface area contributed by atoms with Crippen LogP contribution in [-0.2, 0) is 23.2 Å². The second-order valence-corrected chi connectivity index (χ2v) is 7.00. The summed E-state index contributed by atoms with van der Waals surface area (Å²) in [6.45, 7) is 4.15. The zero-order valence-corrected chi connectivity index (χ0v) is 13.0. The third-order valence-corrected chi connectivity index (χ3v) is 5.36. The van der Waals surface area contributed by atoms with E-state index in [9.17, 15) is 13.5 Å². The van der Waals surface area contributed by atoms with Crippen LogP contribution >= 0.6 is 11.3 Å². The standard InChI is InChI=1S/C13H18N2O3S2/c1-3-15-7-13(6-12(15)8-16)20(17,18)14-10(2)11-4-5-19-9-11/h4-7,9-10,14,16H,3,8H2,1-2H3. The molecule has 0 fully saturated rings. The van der Waals surface area contributed by atoms with Crippen molar-refractivity contribution in [2.45, 2.75) is 37.9 Å². The Balaban J connectivity index is 2.24. The van der Waals surface area contributed by atoms with Gasteiger partial charge in [0, 0.05) is 24.5 Å². The smallest absolute Gasteiger partial charge is 0.242 e. The van der Waals surface area contributed by atoms with Gasteiger partial charge in [-0.15, -0.1) is 0 Å². The zero-order valence-electron chi connectivity index (χ0n) is 11.4. The second-order valence-electron chi connectivity index (χ2n) is 4.51. The van der Waals surface area contributed by atoms with Crippen molar-refractivity contribution in [1.82, 2.24) is 9.29 Å². The number of aryl methyl sites for hydroxylation is 1. The van der Waals surface area contributed by atoms with Crippen molar-refractivity contribution >= 4 is 21.4 Å². The predicted molar refractivity (Wildman–Crippen MR) is 79.1 cm³/mol. The monoisotopic (exact) mass is 314 g/mol. The van der Waals surface area contributed by atoms with Gasteiger partial charge in [0.2, 0.25) is 10.0 Å². The molecule has 0 radical (unpaired) electrons. The second kappa shape index (κ2) is 6.09. The molecule has 5 nitrogen and oxygen atoms in total. The minimum atomic E-state index is -3.58. The summed E-state index contributed by atoms with van der Waals surface area (Å²) in [5.74, 6) is 0. The average molecular weight is 314 g/mol. The molecule has 1 atom stereocenters. The van der Waals surface area contributed by atoms with Crippen molar-refractivity contribution in [3.63, 3.8) is 0 Å². The molecule has 110 valence electrons. The third kappa shape index (κ3) is 3.12. The number of hydrogen-bond acceptors (Lipinski definition) is 4. The summed E-state index contributed by atoms with van der Waals surface area (Å²) in [4.78, 5) is 0.186. The maximum Gasteiger partial charge on any atom is 0.242 e. The Morgan fingerprint density at radius 1 is 1.50 bits per heavy atom. The fourth-order valence-corrected chi connectivity index (χ4v) is 4.04. The lowest BCUT2D eigenvalue weighted by molar-refractivity contribution is 0.271. The van der Waals surface area contributed by atoms with Crippen LogP contribution < -0.4 is 4.72 Å². The van der Waals surface area contributed by atoms with Gasteiger partial charge >= 0.3 is 0 Å². The van der Waals surface area contributed by atoms with Crippen LogP contribution in [0.15, 0.2) is 34.0 Å². The summed E-state index contributed by atoms with van der Waals surface area (Å²) in [6.07, 6.45) is 1.55. The Labute approximate surface area is 122 Å². The van der Waals surface area contributed by atoms with Gasteiger partial charge in [0.25, 0.3) is 0 Å². The molecular weight excluding hydrogens is 296 g/mol. The van der Waals surface area contributed by atoms with E-state index >= 15 is 0 Å². The Bertz CT molecular complexity index is 638. The number of aromatic nitrogens is 1. The van der Waals surface area contributed by atoms with E-state index in [0.29, 0.717) is 12.2 Å². The lowest BCUT2D eigenvalue weighted by Crippen LogP contribution is -2.26. The summed E-state index contributed by atoms with van der Waals surface area (Å²) >= 11 is 1.53. The summed E-state index contributed by atoms with van der Waals surface area (Å²) in [6, 6.07) is 3.12. The molecule has 0 aliphatic rings. The maximum absolute atomic E-state index is 12.3. The number of sulfonamides is 1. The zero-order chi connectivity index (χ0) is 14.8. The summed E-state index contributed by atoms with van der Waals surface area (Å²) in [5.41, 5.74) is 1.53. The Kier molecular flexibility index (Phi) is 4.64. The van der Waals surface area contributed by atoms with Crippen molar-refractivity contribution in [1.29, 1.82) is 0 Å². The fourth-order valence-electron chi connectivity index (χ4n) is 1.99. The number of aliphatic hydroxyl groups excluding tert-OH is 1. The first-order chi connectivity index (χ1) is 9.47. The topological polar surface area (TPSA) is 71.3 Å². The number of hydrogen-bond donors (Lipinski definition) is 2. The highest BCUT2D eigenvalue weighted by Crippen LogP contribution is 2.20. The molecule has 0 spiro atoms. The first kappa shape index (κ1) is 15.2. The van der Waals surface area contributed by atoms with Gasteiger partial charge in [0.15, 0.2) is 0 Å². The molecule has 0 bridgehead atoms. The summed E-state index contributed by atoms with van der Waals surface area (Å²) in [5, 5.41) is 13.1. The molecule has 2 N–H and O–H groups in total. The Hall–Kier alpha value is -1.15. The van der Waals surface area contributed by atoms with Gasteiger partial charge in [-0.3, -0.25) is 0 Å².